The van der Waals surface area contributed by atoms with Crippen LogP contribution in [0.15, 0.2) is 193 Å². The van der Waals surface area contributed by atoms with E-state index in [0.717, 1.165) is 89.0 Å². The normalized spacial score (nSPS) is 11.4. The summed E-state index contributed by atoms with van der Waals surface area (Å²) in [6, 6.07) is 58.7. The SMILES string of the molecule is c1ccc(-c2cc(-c3cc(-c4cc(-c5ccccc5)nc(-c5ccccc5)n4)cc(-c4nc5c6cccnc6c6ncccc6c5o4)c3)nc(-c3ccccc3)n2)cc1. The summed E-state index contributed by atoms with van der Waals surface area (Å²) in [5, 5.41) is 1.71. The molecule has 0 N–H and O–H groups in total. The van der Waals surface area contributed by atoms with Crippen LogP contribution in [0.25, 0.3) is 112 Å². The predicted molar refractivity (Wildman–Crippen MR) is 234 cm³/mol. The zero-order valence-corrected chi connectivity index (χ0v) is 31.4. The molecule has 0 bridgehead atoms. The molecule has 0 saturated heterocycles. The second-order valence-electron chi connectivity index (χ2n) is 14.2. The molecule has 59 heavy (non-hydrogen) atoms. The highest BCUT2D eigenvalue weighted by atomic mass is 16.3. The van der Waals surface area contributed by atoms with Crippen molar-refractivity contribution in [1.29, 1.82) is 0 Å². The Bertz CT molecular complexity index is 2990. The third kappa shape index (κ3) is 6.35. The van der Waals surface area contributed by atoms with E-state index in [-0.39, 0.29) is 0 Å². The fourth-order valence-corrected chi connectivity index (χ4v) is 7.55. The fourth-order valence-electron chi connectivity index (χ4n) is 7.55. The maximum atomic E-state index is 6.79. The topological polar surface area (TPSA) is 103 Å². The zero-order valence-electron chi connectivity index (χ0n) is 31.4. The number of rotatable bonds is 7. The molecule has 8 heteroatoms. The first-order chi connectivity index (χ1) is 29.2. The molecular formula is C51H31N7O. The van der Waals surface area contributed by atoms with Crippen LogP contribution in [-0.4, -0.2) is 34.9 Å². The van der Waals surface area contributed by atoms with Gasteiger partial charge in [0.25, 0.3) is 0 Å². The Balaban J connectivity index is 1.19. The van der Waals surface area contributed by atoms with E-state index in [0.29, 0.717) is 23.1 Å². The van der Waals surface area contributed by atoms with Crippen LogP contribution in [-0.2, 0) is 0 Å². The molecule has 0 fully saturated rings. The lowest BCUT2D eigenvalue weighted by molar-refractivity contribution is 0.623. The van der Waals surface area contributed by atoms with E-state index in [1.165, 1.54) is 0 Å². The standard InChI is InChI=1S/C51H31N7O/c1-5-15-32(16-6-1)41-30-43(56-49(54-41)34-19-9-3-10-20-34)36-27-37(44-31-42(33-17-7-2-8-18-33)55-50(57-44)35-21-11-4-12-22-35)29-38(28-36)51-58-47-39-23-13-25-52-45(39)46-40(48(47)59-51)24-14-26-53-46/h1-31H. The highest BCUT2D eigenvalue weighted by molar-refractivity contribution is 6.20. The lowest BCUT2D eigenvalue weighted by atomic mass is 9.98. The Morgan fingerprint density at radius 1 is 0.305 bits per heavy atom. The number of hydrogen-bond donors (Lipinski definition) is 0. The van der Waals surface area contributed by atoms with E-state index in [1.54, 1.807) is 12.4 Å². The third-order valence-electron chi connectivity index (χ3n) is 10.4. The van der Waals surface area contributed by atoms with Crippen molar-refractivity contribution >= 4 is 32.9 Å². The summed E-state index contributed by atoms with van der Waals surface area (Å²) in [5.74, 6) is 1.69. The fraction of sp³-hybridized carbons (Fsp3) is 0. The molecule has 0 radical (unpaired) electrons. The van der Waals surface area contributed by atoms with E-state index in [9.17, 15) is 0 Å². The van der Waals surface area contributed by atoms with Gasteiger partial charge in [-0.2, -0.15) is 0 Å². The monoisotopic (exact) mass is 757 g/mol. The van der Waals surface area contributed by atoms with Gasteiger partial charge in [-0.1, -0.05) is 121 Å². The number of hydrogen-bond acceptors (Lipinski definition) is 8. The maximum Gasteiger partial charge on any atom is 0.227 e. The average molecular weight is 758 g/mol. The molecule has 8 nitrogen and oxygen atoms in total. The summed E-state index contributed by atoms with van der Waals surface area (Å²) in [6.45, 7) is 0. The second kappa shape index (κ2) is 14.4. The molecule has 0 aliphatic rings. The molecule has 6 aromatic carbocycles. The van der Waals surface area contributed by atoms with E-state index in [2.05, 4.69) is 42.5 Å². The minimum Gasteiger partial charge on any atom is -0.435 e. The van der Waals surface area contributed by atoms with Crippen LogP contribution < -0.4 is 0 Å². The Labute approximate surface area is 338 Å². The van der Waals surface area contributed by atoms with Crippen LogP contribution in [0.2, 0.25) is 0 Å². The van der Waals surface area contributed by atoms with Gasteiger partial charge in [0.15, 0.2) is 17.2 Å². The van der Waals surface area contributed by atoms with Crippen molar-refractivity contribution < 1.29 is 4.42 Å². The lowest BCUT2D eigenvalue weighted by Gasteiger charge is -2.13. The predicted octanol–water partition coefficient (Wildman–Crippen LogP) is 12.2. The Hall–Kier alpha value is -8.23. The van der Waals surface area contributed by atoms with Crippen molar-refractivity contribution in [2.75, 3.05) is 0 Å². The van der Waals surface area contributed by atoms with Gasteiger partial charge < -0.3 is 4.42 Å². The summed E-state index contributed by atoms with van der Waals surface area (Å²) in [7, 11) is 0. The van der Waals surface area contributed by atoms with Gasteiger partial charge in [0.2, 0.25) is 5.89 Å². The molecule has 0 atom stereocenters. The van der Waals surface area contributed by atoms with Crippen LogP contribution in [0.1, 0.15) is 0 Å². The van der Waals surface area contributed by atoms with Crippen molar-refractivity contribution in [3.8, 4) is 79.3 Å². The molecule has 0 aliphatic heterocycles. The van der Waals surface area contributed by atoms with Crippen LogP contribution in [0, 0.1) is 0 Å². The Kier molecular flexibility index (Phi) is 8.29. The first kappa shape index (κ1) is 34.1. The third-order valence-corrected chi connectivity index (χ3v) is 10.4. The summed E-state index contributed by atoms with van der Waals surface area (Å²) in [4.78, 5) is 35.2. The molecule has 5 aromatic heterocycles. The van der Waals surface area contributed by atoms with Gasteiger partial charge in [0.1, 0.15) is 11.0 Å². The van der Waals surface area contributed by atoms with Gasteiger partial charge in [-0.3, -0.25) is 9.97 Å². The first-order valence-electron chi connectivity index (χ1n) is 19.3. The van der Waals surface area contributed by atoms with Crippen molar-refractivity contribution in [3.05, 3.63) is 188 Å². The van der Waals surface area contributed by atoms with Crippen molar-refractivity contribution in [2.45, 2.75) is 0 Å². The van der Waals surface area contributed by atoms with E-state index < -0.39 is 0 Å². The smallest absolute Gasteiger partial charge is 0.227 e. The molecule has 0 saturated carbocycles. The summed E-state index contributed by atoms with van der Waals surface area (Å²) in [6.07, 6.45) is 3.56. The summed E-state index contributed by atoms with van der Waals surface area (Å²) >= 11 is 0. The molecule has 0 spiro atoms. The Morgan fingerprint density at radius 3 is 1.20 bits per heavy atom. The molecular weight excluding hydrogens is 727 g/mol. The number of benzene rings is 6. The maximum absolute atomic E-state index is 6.79. The minimum absolute atomic E-state index is 0.450. The quantitative estimate of drug-likeness (QED) is 0.148. The van der Waals surface area contributed by atoms with Gasteiger partial charge in [-0.25, -0.2) is 24.9 Å². The van der Waals surface area contributed by atoms with Crippen molar-refractivity contribution in [2.24, 2.45) is 0 Å². The summed E-state index contributed by atoms with van der Waals surface area (Å²) < 4.78 is 6.79. The summed E-state index contributed by atoms with van der Waals surface area (Å²) in [5.41, 5.74) is 12.2. The van der Waals surface area contributed by atoms with Gasteiger partial charge in [0.05, 0.1) is 28.3 Å². The molecule has 0 aliphatic carbocycles. The number of pyridine rings is 2. The van der Waals surface area contributed by atoms with E-state index in [4.69, 9.17) is 39.3 Å². The molecule has 11 rings (SSSR count). The number of oxazole rings is 1. The van der Waals surface area contributed by atoms with Crippen molar-refractivity contribution in [3.63, 3.8) is 0 Å². The van der Waals surface area contributed by atoms with Gasteiger partial charge >= 0.3 is 0 Å². The molecule has 5 heterocycles. The minimum atomic E-state index is 0.450. The van der Waals surface area contributed by atoms with Gasteiger partial charge in [0, 0.05) is 62.1 Å². The Morgan fingerprint density at radius 2 is 0.712 bits per heavy atom. The lowest BCUT2D eigenvalue weighted by Crippen LogP contribution is -1.98. The van der Waals surface area contributed by atoms with Crippen molar-refractivity contribution in [1.82, 2.24) is 34.9 Å². The van der Waals surface area contributed by atoms with Crippen LogP contribution in [0.4, 0.5) is 0 Å². The van der Waals surface area contributed by atoms with Gasteiger partial charge in [-0.05, 0) is 54.6 Å². The second-order valence-corrected chi connectivity index (χ2v) is 14.2. The van der Waals surface area contributed by atoms with Crippen LogP contribution >= 0.6 is 0 Å². The average Bonchev–Trinajstić information content (AvgIpc) is 3.79. The first-order valence-corrected chi connectivity index (χ1v) is 19.3. The largest absolute Gasteiger partial charge is 0.435 e. The molecule has 0 unspecified atom stereocenters. The van der Waals surface area contributed by atoms with Gasteiger partial charge in [-0.15, -0.1) is 0 Å². The van der Waals surface area contributed by atoms with Crippen LogP contribution in [0.5, 0.6) is 0 Å². The van der Waals surface area contributed by atoms with E-state index >= 15 is 0 Å². The molecule has 11 aromatic rings. The highest BCUT2D eigenvalue weighted by Crippen LogP contribution is 2.39. The number of fused-ring (bicyclic) bond motifs is 6. The highest BCUT2D eigenvalue weighted by Gasteiger charge is 2.21. The van der Waals surface area contributed by atoms with E-state index in [1.807, 2.05) is 133 Å². The number of nitrogens with zero attached hydrogens (tertiary/aromatic N) is 7. The molecule has 0 amide bonds. The number of aromatic nitrogens is 7. The zero-order chi connectivity index (χ0) is 39.1. The van der Waals surface area contributed by atoms with Crippen LogP contribution in [0.3, 0.4) is 0 Å². The molecule has 276 valence electrons.